The fraction of sp³-hybridized carbons (Fsp3) is 0.611. The molecule has 2 aliphatic carbocycles. The van der Waals surface area contributed by atoms with Crippen molar-refractivity contribution in [3.63, 3.8) is 0 Å². The Bertz CT molecular complexity index is 735. The summed E-state index contributed by atoms with van der Waals surface area (Å²) in [5.74, 6) is 0.823. The zero-order valence-corrected chi connectivity index (χ0v) is 14.9. The van der Waals surface area contributed by atoms with Gasteiger partial charge in [-0.1, -0.05) is 38.5 Å². The maximum Gasteiger partial charge on any atom is 0.297 e. The van der Waals surface area contributed by atoms with Gasteiger partial charge in [-0.2, -0.15) is 8.42 Å². The van der Waals surface area contributed by atoms with Crippen LogP contribution >= 0.6 is 0 Å². The molecule has 0 heterocycles. The van der Waals surface area contributed by atoms with Crippen molar-refractivity contribution >= 4 is 15.9 Å². The molecule has 0 bridgehead atoms. The summed E-state index contributed by atoms with van der Waals surface area (Å²) in [5.41, 5.74) is 0.381. The molecule has 23 heavy (non-hydrogen) atoms. The number of carbonyl (C=O) groups excluding carboxylic acids is 1. The molecule has 1 aromatic rings. The molecule has 5 heteroatoms. The number of hydrogen-bond donors (Lipinski definition) is 0. The Hall–Kier alpha value is -1.20. The van der Waals surface area contributed by atoms with Crippen LogP contribution in [0.2, 0.25) is 0 Å². The first kappa shape index (κ1) is 16.7. The Morgan fingerprint density at radius 3 is 2.39 bits per heavy atom. The van der Waals surface area contributed by atoms with Crippen molar-refractivity contribution in [2.45, 2.75) is 45.4 Å². The Balaban J connectivity index is 1.76. The zero-order chi connectivity index (χ0) is 17.0. The number of carbonyl (C=O) groups is 1. The molecule has 2 fully saturated rings. The largest absolute Gasteiger partial charge is 0.299 e. The van der Waals surface area contributed by atoms with Gasteiger partial charge in [0.05, 0.1) is 16.9 Å². The van der Waals surface area contributed by atoms with Gasteiger partial charge >= 0.3 is 0 Å². The van der Waals surface area contributed by atoms with E-state index in [1.807, 2.05) is 13.8 Å². The molecule has 0 N–H and O–H groups in total. The number of fused-ring (bicyclic) bond motifs is 1. The number of benzene rings is 1. The molecular formula is C18H24O4S. The van der Waals surface area contributed by atoms with Crippen molar-refractivity contribution < 1.29 is 17.4 Å². The van der Waals surface area contributed by atoms with E-state index in [-0.39, 0.29) is 28.6 Å². The highest BCUT2D eigenvalue weighted by Gasteiger charge is 2.71. The first-order valence-electron chi connectivity index (χ1n) is 8.11. The first-order valence-corrected chi connectivity index (χ1v) is 9.52. The minimum Gasteiger partial charge on any atom is -0.299 e. The number of ketones is 1. The van der Waals surface area contributed by atoms with Gasteiger partial charge in [-0.05, 0) is 42.7 Å². The van der Waals surface area contributed by atoms with Gasteiger partial charge in [-0.25, -0.2) is 0 Å². The Morgan fingerprint density at radius 2 is 1.87 bits per heavy atom. The third kappa shape index (κ3) is 2.54. The van der Waals surface area contributed by atoms with E-state index in [0.717, 1.165) is 12.0 Å². The summed E-state index contributed by atoms with van der Waals surface area (Å²) in [4.78, 5) is 12.6. The molecule has 126 valence electrons. The lowest BCUT2D eigenvalue weighted by Crippen LogP contribution is -2.32. The third-order valence-corrected chi connectivity index (χ3v) is 7.26. The van der Waals surface area contributed by atoms with E-state index in [1.165, 1.54) is 0 Å². The summed E-state index contributed by atoms with van der Waals surface area (Å²) < 4.78 is 30.0. The number of rotatable bonds is 5. The summed E-state index contributed by atoms with van der Waals surface area (Å²) in [5, 5.41) is 0. The van der Waals surface area contributed by atoms with Gasteiger partial charge in [-0.15, -0.1) is 0 Å². The molecular weight excluding hydrogens is 312 g/mol. The van der Waals surface area contributed by atoms with Crippen LogP contribution < -0.4 is 0 Å². The average molecular weight is 336 g/mol. The van der Waals surface area contributed by atoms with Crippen LogP contribution in [-0.2, 0) is 19.1 Å². The smallest absolute Gasteiger partial charge is 0.297 e. The van der Waals surface area contributed by atoms with E-state index in [9.17, 15) is 13.2 Å². The standard InChI is InChI=1S/C18H24O4S/c1-12(2)18-9-15(18)17(4,16(19)10-18)11-22-23(20,21)14-7-5-13(3)6-8-14/h5-8,12,15H,9-11H2,1-4H3/t15-,17+,18-/m1/s1. The molecule has 4 nitrogen and oxygen atoms in total. The second-order valence-electron chi connectivity index (χ2n) is 7.69. The van der Waals surface area contributed by atoms with Crippen molar-refractivity contribution in [2.75, 3.05) is 6.61 Å². The van der Waals surface area contributed by atoms with Crippen molar-refractivity contribution in [3.05, 3.63) is 29.8 Å². The summed E-state index contributed by atoms with van der Waals surface area (Å²) in [6.45, 7) is 7.99. The van der Waals surface area contributed by atoms with E-state index in [1.54, 1.807) is 24.3 Å². The van der Waals surface area contributed by atoms with Gasteiger partial charge in [0, 0.05) is 6.42 Å². The SMILES string of the molecule is Cc1ccc(S(=O)(=O)OC[C@]2(C)C(=O)C[C@@]3(C(C)C)C[C@@H]32)cc1. The van der Waals surface area contributed by atoms with E-state index in [2.05, 4.69) is 13.8 Å². The molecule has 3 rings (SSSR count). The van der Waals surface area contributed by atoms with Gasteiger partial charge in [0.25, 0.3) is 10.1 Å². The monoisotopic (exact) mass is 336 g/mol. The fourth-order valence-electron chi connectivity index (χ4n) is 4.07. The van der Waals surface area contributed by atoms with Gasteiger partial charge in [0.1, 0.15) is 5.78 Å². The van der Waals surface area contributed by atoms with Crippen LogP contribution in [0.25, 0.3) is 0 Å². The minimum atomic E-state index is -3.82. The number of aryl methyl sites for hydroxylation is 1. The molecule has 0 aliphatic heterocycles. The van der Waals surface area contributed by atoms with Crippen molar-refractivity contribution in [3.8, 4) is 0 Å². The normalized spacial score (nSPS) is 33.1. The highest BCUT2D eigenvalue weighted by Crippen LogP contribution is 2.72. The summed E-state index contributed by atoms with van der Waals surface area (Å²) >= 11 is 0. The highest BCUT2D eigenvalue weighted by atomic mass is 32.2. The molecule has 0 aromatic heterocycles. The molecule has 0 saturated heterocycles. The molecule has 0 amide bonds. The lowest BCUT2D eigenvalue weighted by atomic mass is 9.84. The fourth-order valence-corrected chi connectivity index (χ4v) is 5.07. The molecule has 0 spiro atoms. The van der Waals surface area contributed by atoms with Crippen LogP contribution in [0.15, 0.2) is 29.2 Å². The molecule has 2 saturated carbocycles. The van der Waals surface area contributed by atoms with Crippen molar-refractivity contribution in [1.29, 1.82) is 0 Å². The predicted molar refractivity (Wildman–Crippen MR) is 87.4 cm³/mol. The molecule has 0 radical (unpaired) electrons. The van der Waals surface area contributed by atoms with E-state index >= 15 is 0 Å². The molecule has 3 atom stereocenters. The minimum absolute atomic E-state index is 0.0544. The van der Waals surface area contributed by atoms with E-state index in [0.29, 0.717) is 12.3 Å². The average Bonchev–Trinajstić information content (AvgIpc) is 3.17. The highest BCUT2D eigenvalue weighted by molar-refractivity contribution is 7.86. The van der Waals surface area contributed by atoms with Crippen LogP contribution in [0.1, 0.15) is 39.2 Å². The van der Waals surface area contributed by atoms with Gasteiger partial charge in [-0.3, -0.25) is 8.98 Å². The first-order chi connectivity index (χ1) is 10.6. The predicted octanol–water partition coefficient (Wildman–Crippen LogP) is 3.34. The topological polar surface area (TPSA) is 60.4 Å². The van der Waals surface area contributed by atoms with Crippen LogP contribution in [0.3, 0.4) is 0 Å². The molecule has 2 aliphatic rings. The van der Waals surface area contributed by atoms with E-state index < -0.39 is 15.5 Å². The van der Waals surface area contributed by atoms with Crippen LogP contribution in [0, 0.1) is 29.6 Å². The Kier molecular flexibility index (Phi) is 3.73. The second-order valence-corrected chi connectivity index (χ2v) is 9.31. The Morgan fingerprint density at radius 1 is 1.26 bits per heavy atom. The van der Waals surface area contributed by atoms with Crippen LogP contribution in [-0.4, -0.2) is 20.8 Å². The third-order valence-electron chi connectivity index (χ3n) is 5.99. The van der Waals surface area contributed by atoms with E-state index in [4.69, 9.17) is 4.18 Å². The maximum atomic E-state index is 12.5. The van der Waals surface area contributed by atoms with Crippen LogP contribution in [0.4, 0.5) is 0 Å². The maximum absolute atomic E-state index is 12.5. The van der Waals surface area contributed by atoms with Gasteiger partial charge in [0.2, 0.25) is 0 Å². The summed E-state index contributed by atoms with van der Waals surface area (Å²) in [6, 6.07) is 6.56. The number of Topliss-reactive ketones (excluding diaryl/α,β-unsaturated/α-hetero) is 1. The molecule has 1 aromatic carbocycles. The quantitative estimate of drug-likeness (QED) is 0.774. The van der Waals surface area contributed by atoms with Gasteiger partial charge < -0.3 is 0 Å². The van der Waals surface area contributed by atoms with Gasteiger partial charge in [0.15, 0.2) is 0 Å². The second kappa shape index (κ2) is 5.15. The lowest BCUT2D eigenvalue weighted by molar-refractivity contribution is -0.128. The van der Waals surface area contributed by atoms with Crippen molar-refractivity contribution in [1.82, 2.24) is 0 Å². The van der Waals surface area contributed by atoms with Crippen molar-refractivity contribution in [2.24, 2.45) is 22.7 Å². The van der Waals surface area contributed by atoms with Crippen LogP contribution in [0.5, 0.6) is 0 Å². The molecule has 0 unspecified atom stereocenters. The summed E-state index contributed by atoms with van der Waals surface area (Å²) in [7, 11) is -3.82. The summed E-state index contributed by atoms with van der Waals surface area (Å²) in [6.07, 6.45) is 1.56. The lowest BCUT2D eigenvalue weighted by Gasteiger charge is -2.23. The zero-order valence-electron chi connectivity index (χ0n) is 14.1. The Labute approximate surface area is 138 Å². The number of hydrogen-bond acceptors (Lipinski definition) is 4.